The van der Waals surface area contributed by atoms with Crippen LogP contribution < -0.4 is 14.8 Å². The lowest BCUT2D eigenvalue weighted by atomic mass is 10.1. The maximum Gasteiger partial charge on any atom is 0.228 e. The van der Waals surface area contributed by atoms with Crippen LogP contribution >= 0.6 is 22.3 Å². The summed E-state index contributed by atoms with van der Waals surface area (Å²) in [5.41, 5.74) is 6.78. The van der Waals surface area contributed by atoms with Gasteiger partial charge in [-0.1, -0.05) is 40.5 Å². The van der Waals surface area contributed by atoms with Crippen molar-refractivity contribution in [3.05, 3.63) is 100 Å². The Balaban J connectivity index is 1.50. The minimum absolute atomic E-state index is 0.464. The highest BCUT2D eigenvalue weighted by Crippen LogP contribution is 2.58. The van der Waals surface area contributed by atoms with Gasteiger partial charge in [0.1, 0.15) is 11.0 Å². The molecule has 46 heavy (non-hydrogen) atoms. The van der Waals surface area contributed by atoms with Crippen molar-refractivity contribution in [2.45, 2.75) is 33.1 Å². The summed E-state index contributed by atoms with van der Waals surface area (Å²) in [6.07, 6.45) is 0.435. The van der Waals surface area contributed by atoms with Crippen LogP contribution in [0.15, 0.2) is 88.3 Å². The van der Waals surface area contributed by atoms with Crippen LogP contribution in [0.5, 0.6) is 11.5 Å². The van der Waals surface area contributed by atoms with Crippen LogP contribution in [0.1, 0.15) is 36.2 Å². The molecule has 2 aromatic heterocycles. The zero-order valence-corrected chi connectivity index (χ0v) is 29.5. The Labute approximate surface area is 282 Å². The number of para-hydroxylation sites is 1. The summed E-state index contributed by atoms with van der Waals surface area (Å²) in [7, 11) is 3.26. The lowest BCUT2D eigenvalue weighted by molar-refractivity contribution is 0.345. The third-order valence-corrected chi connectivity index (χ3v) is 13.2. The zero-order chi connectivity index (χ0) is 32.0. The molecule has 7 rings (SSSR count). The monoisotopic (exact) mass is 715 g/mol. The van der Waals surface area contributed by atoms with Crippen LogP contribution in [0.25, 0.3) is 22.6 Å². The van der Waals surface area contributed by atoms with Gasteiger partial charge in [0.05, 0.1) is 19.9 Å². The van der Waals surface area contributed by atoms with E-state index in [1.165, 1.54) is 6.42 Å². The van der Waals surface area contributed by atoms with Gasteiger partial charge in [0.25, 0.3) is 0 Å². The van der Waals surface area contributed by atoms with E-state index >= 15 is 0 Å². The summed E-state index contributed by atoms with van der Waals surface area (Å²) in [5, 5.41) is 6.23. The predicted molar refractivity (Wildman–Crippen MR) is 192 cm³/mol. The molecule has 0 saturated carbocycles. The second-order valence-electron chi connectivity index (χ2n) is 11.5. The molecular formula is C35H35BrN5O3PS. The normalized spacial score (nSPS) is 18.1. The molecule has 1 saturated heterocycles. The van der Waals surface area contributed by atoms with Gasteiger partial charge >= 0.3 is 0 Å². The summed E-state index contributed by atoms with van der Waals surface area (Å²) < 4.78 is 25.8. The van der Waals surface area contributed by atoms with Crippen molar-refractivity contribution in [2.24, 2.45) is 4.99 Å². The maximum atomic E-state index is 7.03. The highest BCUT2D eigenvalue weighted by atomic mass is 79.9. The summed E-state index contributed by atoms with van der Waals surface area (Å²) in [6.45, 7) is 6.00. The molecule has 0 aliphatic carbocycles. The van der Waals surface area contributed by atoms with Crippen molar-refractivity contribution in [1.29, 1.82) is 0 Å². The first-order valence-corrected chi connectivity index (χ1v) is 18.8. The zero-order valence-electron chi connectivity index (χ0n) is 26.2. The standard InChI is InChI=1S/C35H35BrN5O3PS/c1-23-21-29(24(2)40(23)27-16-14-26(36)15-17-27)32-33-34(41(38-32)28-11-7-5-8-12-28)37-35(25-13-18-30(42-3)31(22-25)43-4)44-45(33,46)39-19-9-6-10-20-39/h5,7-8,11-18,21-22H,6,9-10,19-20H2,1-4H3. The molecular weight excluding hydrogens is 681 g/mol. The lowest BCUT2D eigenvalue weighted by Gasteiger charge is -2.39. The van der Waals surface area contributed by atoms with Gasteiger partial charge in [0.15, 0.2) is 17.3 Å². The Bertz CT molecular complexity index is 2000. The first kappa shape index (κ1) is 30.9. The number of benzene rings is 3. The molecule has 3 aromatic carbocycles. The van der Waals surface area contributed by atoms with E-state index in [1.807, 2.05) is 53.2 Å². The molecule has 0 N–H and O–H groups in total. The fourth-order valence-electron chi connectivity index (χ4n) is 6.39. The smallest absolute Gasteiger partial charge is 0.228 e. The van der Waals surface area contributed by atoms with Gasteiger partial charge in [-0.25, -0.2) is 9.35 Å². The third kappa shape index (κ3) is 5.31. The van der Waals surface area contributed by atoms with Crippen LogP contribution in [0.3, 0.4) is 0 Å². The molecule has 236 valence electrons. The third-order valence-electron chi connectivity index (χ3n) is 8.64. The average Bonchev–Trinajstić information content (AvgIpc) is 3.62. The van der Waals surface area contributed by atoms with E-state index < -0.39 is 6.42 Å². The SMILES string of the molecule is COc1ccc(C2=Nc3c(c(-c4cc(C)n(-c5ccc(Br)cc5)c4C)nn3-c3ccccc3)P(=S)(N3CCCCC3)O2)cc1OC. The molecule has 0 bridgehead atoms. The molecule has 0 spiro atoms. The van der Waals surface area contributed by atoms with Crippen molar-refractivity contribution in [1.82, 2.24) is 19.0 Å². The molecule has 1 unspecified atom stereocenters. The van der Waals surface area contributed by atoms with Gasteiger partial charge in [-0.2, -0.15) is 10.1 Å². The van der Waals surface area contributed by atoms with Crippen molar-refractivity contribution in [3.8, 4) is 34.1 Å². The second-order valence-corrected chi connectivity index (χ2v) is 16.1. The number of aromatic nitrogens is 3. The van der Waals surface area contributed by atoms with E-state index in [-0.39, 0.29) is 0 Å². The highest BCUT2D eigenvalue weighted by Gasteiger charge is 2.44. The van der Waals surface area contributed by atoms with E-state index in [9.17, 15) is 0 Å². The molecule has 2 aliphatic heterocycles. The van der Waals surface area contributed by atoms with E-state index in [1.54, 1.807) is 14.2 Å². The number of aryl methyl sites for hydroxylation is 1. The van der Waals surface area contributed by atoms with Crippen LogP contribution in [-0.4, -0.2) is 52.2 Å². The topological polar surface area (TPSA) is 66.0 Å². The molecule has 11 heteroatoms. The molecule has 0 radical (unpaired) electrons. The van der Waals surface area contributed by atoms with Gasteiger partial charge in [-0.3, -0.25) is 0 Å². The van der Waals surface area contributed by atoms with Gasteiger partial charge in [-0.15, -0.1) is 0 Å². The van der Waals surface area contributed by atoms with Crippen molar-refractivity contribution in [2.75, 3.05) is 27.3 Å². The van der Waals surface area contributed by atoms with Gasteiger partial charge in [-0.05, 0) is 99.2 Å². The Morgan fingerprint density at radius 3 is 2.26 bits per heavy atom. The number of nitrogens with zero attached hydrogens (tertiary/aromatic N) is 5. The molecule has 8 nitrogen and oxygen atoms in total. The summed E-state index contributed by atoms with van der Waals surface area (Å²) >= 11 is 10.3. The van der Waals surface area contributed by atoms with E-state index in [0.29, 0.717) is 23.2 Å². The number of aliphatic imine (C=N–C) groups is 1. The Morgan fingerprint density at radius 1 is 0.848 bits per heavy atom. The second kappa shape index (κ2) is 12.5. The number of hydrogen-bond acceptors (Lipinski definition) is 6. The fraction of sp³-hybridized carbons (Fsp3) is 0.257. The number of hydrogen-bond donors (Lipinski definition) is 0. The molecule has 1 fully saturated rings. The quantitative estimate of drug-likeness (QED) is 0.158. The molecule has 5 aromatic rings. The minimum atomic E-state index is -2.88. The van der Waals surface area contributed by atoms with E-state index in [4.69, 9.17) is 35.9 Å². The Hall–Kier alpha value is -3.69. The predicted octanol–water partition coefficient (Wildman–Crippen LogP) is 8.26. The van der Waals surface area contributed by atoms with Crippen LogP contribution in [0.4, 0.5) is 5.82 Å². The van der Waals surface area contributed by atoms with Gasteiger partial charge in [0.2, 0.25) is 12.3 Å². The summed E-state index contributed by atoms with van der Waals surface area (Å²) in [6, 6.07) is 26.4. The molecule has 4 heterocycles. The minimum Gasteiger partial charge on any atom is -0.493 e. The van der Waals surface area contributed by atoms with E-state index in [0.717, 1.165) is 75.3 Å². The summed E-state index contributed by atoms with van der Waals surface area (Å²) in [4.78, 5) is 5.21. The Morgan fingerprint density at radius 2 is 1.57 bits per heavy atom. The maximum absolute atomic E-state index is 7.03. The summed E-state index contributed by atoms with van der Waals surface area (Å²) in [5.74, 6) is 2.41. The first-order valence-electron chi connectivity index (χ1n) is 15.3. The van der Waals surface area contributed by atoms with Crippen molar-refractivity contribution >= 4 is 51.2 Å². The number of fused-ring (bicyclic) bond motifs is 1. The fourth-order valence-corrected chi connectivity index (χ4v) is 10.4. The van der Waals surface area contributed by atoms with Gasteiger partial charge < -0.3 is 18.6 Å². The number of ether oxygens (including phenoxy) is 2. The van der Waals surface area contributed by atoms with Crippen LogP contribution in [0, 0.1) is 13.8 Å². The first-order chi connectivity index (χ1) is 22.3. The lowest BCUT2D eigenvalue weighted by Crippen LogP contribution is -2.35. The number of methoxy groups -OCH3 is 2. The number of rotatable bonds is 7. The largest absolute Gasteiger partial charge is 0.493 e. The van der Waals surface area contributed by atoms with Crippen LogP contribution in [-0.2, 0) is 16.3 Å². The molecule has 1 atom stereocenters. The average molecular weight is 717 g/mol. The number of piperidine rings is 1. The van der Waals surface area contributed by atoms with Crippen molar-refractivity contribution in [3.63, 3.8) is 0 Å². The Kier molecular flexibility index (Phi) is 8.40. The molecule has 2 aliphatic rings. The molecule has 0 amide bonds. The number of halogens is 1. The van der Waals surface area contributed by atoms with Gasteiger partial charge in [0, 0.05) is 45.8 Å². The van der Waals surface area contributed by atoms with Crippen LogP contribution in [0.2, 0.25) is 0 Å². The van der Waals surface area contributed by atoms with Crippen molar-refractivity contribution < 1.29 is 14.0 Å². The van der Waals surface area contributed by atoms with E-state index in [2.05, 4.69) is 69.3 Å². The highest BCUT2D eigenvalue weighted by molar-refractivity contribution is 9.10.